The van der Waals surface area contributed by atoms with Crippen LogP contribution in [0.2, 0.25) is 0 Å². The van der Waals surface area contributed by atoms with Gasteiger partial charge in [-0.05, 0) is 20.8 Å². The Hall–Kier alpha value is -2.18. The number of aryl methyl sites for hydroxylation is 2. The van der Waals surface area contributed by atoms with E-state index in [0.717, 1.165) is 23.8 Å². The van der Waals surface area contributed by atoms with Gasteiger partial charge in [0.25, 0.3) is 0 Å². The minimum Gasteiger partial charge on any atom is -0.362 e. The van der Waals surface area contributed by atoms with Crippen LogP contribution in [0.1, 0.15) is 31.3 Å². The third kappa shape index (κ3) is 2.87. The fraction of sp³-hybridized carbons (Fsp3) is 0.538. The molecule has 108 valence electrons. The van der Waals surface area contributed by atoms with Gasteiger partial charge in [-0.15, -0.1) is 0 Å². The van der Waals surface area contributed by atoms with Crippen molar-refractivity contribution >= 4 is 11.8 Å². The lowest BCUT2D eigenvalue weighted by molar-refractivity contribution is 0.591. The number of hydrogen-bond acceptors (Lipinski definition) is 6. The average molecular weight is 275 g/mol. The molecule has 1 atom stereocenters. The van der Waals surface area contributed by atoms with Crippen molar-refractivity contribution in [2.75, 3.05) is 24.3 Å². The van der Waals surface area contributed by atoms with Gasteiger partial charge in [-0.1, -0.05) is 0 Å². The summed E-state index contributed by atoms with van der Waals surface area (Å²) in [5.41, 5.74) is 1.05. The van der Waals surface area contributed by atoms with Crippen LogP contribution in [-0.2, 0) is 6.54 Å². The van der Waals surface area contributed by atoms with E-state index in [0.29, 0.717) is 5.95 Å². The molecule has 7 nitrogen and oxygen atoms in total. The van der Waals surface area contributed by atoms with Crippen molar-refractivity contribution in [3.8, 4) is 0 Å². The summed E-state index contributed by atoms with van der Waals surface area (Å²) < 4.78 is 1.86. The van der Waals surface area contributed by atoms with Crippen LogP contribution < -0.4 is 10.2 Å². The van der Waals surface area contributed by atoms with Gasteiger partial charge >= 0.3 is 0 Å². The smallest absolute Gasteiger partial charge is 0.225 e. The summed E-state index contributed by atoms with van der Waals surface area (Å²) in [6.07, 6.45) is 3.39. The summed E-state index contributed by atoms with van der Waals surface area (Å²) in [5.74, 6) is 2.38. The molecule has 0 fully saturated rings. The molecular weight excluding hydrogens is 254 g/mol. The van der Waals surface area contributed by atoms with Gasteiger partial charge in [0.2, 0.25) is 5.95 Å². The molecule has 1 unspecified atom stereocenters. The van der Waals surface area contributed by atoms with E-state index < -0.39 is 0 Å². The Morgan fingerprint density at radius 3 is 2.75 bits per heavy atom. The molecule has 1 N–H and O–H groups in total. The number of aromatic nitrogens is 5. The van der Waals surface area contributed by atoms with Crippen LogP contribution >= 0.6 is 0 Å². The highest BCUT2D eigenvalue weighted by molar-refractivity contribution is 5.47. The van der Waals surface area contributed by atoms with Crippen molar-refractivity contribution in [3.63, 3.8) is 0 Å². The number of anilines is 2. The van der Waals surface area contributed by atoms with E-state index in [4.69, 9.17) is 0 Å². The van der Waals surface area contributed by atoms with E-state index in [-0.39, 0.29) is 6.04 Å². The predicted molar refractivity (Wildman–Crippen MR) is 78.8 cm³/mol. The molecule has 0 amide bonds. The van der Waals surface area contributed by atoms with Crippen LogP contribution in [0, 0.1) is 6.92 Å². The molecule has 0 spiro atoms. The molecule has 0 bridgehead atoms. The van der Waals surface area contributed by atoms with Crippen LogP contribution in [0.25, 0.3) is 0 Å². The van der Waals surface area contributed by atoms with Gasteiger partial charge in [0, 0.05) is 32.4 Å². The summed E-state index contributed by atoms with van der Waals surface area (Å²) in [6, 6.07) is -0.00447. The molecule has 0 aliphatic carbocycles. The largest absolute Gasteiger partial charge is 0.362 e. The molecule has 2 heterocycles. The molecule has 2 aromatic heterocycles. The minimum atomic E-state index is -0.00447. The molecule has 0 aliphatic rings. The van der Waals surface area contributed by atoms with Crippen molar-refractivity contribution in [3.05, 3.63) is 23.9 Å². The van der Waals surface area contributed by atoms with Crippen LogP contribution in [0.4, 0.5) is 11.8 Å². The van der Waals surface area contributed by atoms with Gasteiger partial charge in [0.05, 0.1) is 6.04 Å². The monoisotopic (exact) mass is 275 g/mol. The van der Waals surface area contributed by atoms with Crippen molar-refractivity contribution in [2.45, 2.75) is 33.4 Å². The standard InChI is InChI=1S/C13H21N7/c1-6-20-12(15-8-16-20)10(3)17-13-14-7-9(2)11(18-13)19(4)5/h7-8,10H,6H2,1-5H3,(H,14,17,18). The predicted octanol–water partition coefficient (Wildman–Crippen LogP) is 1.64. The highest BCUT2D eigenvalue weighted by atomic mass is 15.3. The van der Waals surface area contributed by atoms with E-state index in [1.807, 2.05) is 50.6 Å². The first-order valence-corrected chi connectivity index (χ1v) is 6.68. The van der Waals surface area contributed by atoms with E-state index in [1.54, 1.807) is 6.33 Å². The second-order valence-electron chi connectivity index (χ2n) is 4.89. The SMILES string of the molecule is CCn1ncnc1C(C)Nc1ncc(C)c(N(C)C)n1. The van der Waals surface area contributed by atoms with Crippen molar-refractivity contribution in [1.29, 1.82) is 0 Å². The van der Waals surface area contributed by atoms with E-state index in [1.165, 1.54) is 0 Å². The Morgan fingerprint density at radius 2 is 2.10 bits per heavy atom. The summed E-state index contributed by atoms with van der Waals surface area (Å²) in [5, 5.41) is 7.44. The lowest BCUT2D eigenvalue weighted by Gasteiger charge is -2.17. The Morgan fingerprint density at radius 1 is 1.35 bits per heavy atom. The maximum atomic E-state index is 4.52. The first-order chi connectivity index (χ1) is 9.52. The molecule has 2 rings (SSSR count). The fourth-order valence-electron chi connectivity index (χ4n) is 2.07. The highest BCUT2D eigenvalue weighted by Crippen LogP contribution is 2.18. The van der Waals surface area contributed by atoms with Crippen LogP contribution in [0.3, 0.4) is 0 Å². The molecule has 0 radical (unpaired) electrons. The second-order valence-corrected chi connectivity index (χ2v) is 4.89. The minimum absolute atomic E-state index is 0.00447. The quantitative estimate of drug-likeness (QED) is 0.894. The Balaban J connectivity index is 2.20. The van der Waals surface area contributed by atoms with Gasteiger partial charge in [0.1, 0.15) is 18.0 Å². The molecular formula is C13H21N7. The topological polar surface area (TPSA) is 71.8 Å². The maximum Gasteiger partial charge on any atom is 0.225 e. The zero-order chi connectivity index (χ0) is 14.7. The second kappa shape index (κ2) is 5.85. The van der Waals surface area contributed by atoms with Crippen LogP contribution in [-0.4, -0.2) is 38.8 Å². The average Bonchev–Trinajstić information content (AvgIpc) is 2.89. The Labute approximate surface area is 119 Å². The number of nitrogens with zero attached hydrogens (tertiary/aromatic N) is 6. The fourth-order valence-corrected chi connectivity index (χ4v) is 2.07. The molecule has 20 heavy (non-hydrogen) atoms. The summed E-state index contributed by atoms with van der Waals surface area (Å²) in [7, 11) is 3.94. The van der Waals surface area contributed by atoms with Gasteiger partial charge in [-0.25, -0.2) is 14.6 Å². The van der Waals surface area contributed by atoms with Gasteiger partial charge in [-0.3, -0.25) is 0 Å². The third-order valence-electron chi connectivity index (χ3n) is 3.05. The van der Waals surface area contributed by atoms with Gasteiger partial charge < -0.3 is 10.2 Å². The van der Waals surface area contributed by atoms with Gasteiger partial charge in [-0.2, -0.15) is 10.1 Å². The first kappa shape index (κ1) is 14.2. The lowest BCUT2D eigenvalue weighted by atomic mass is 10.3. The molecule has 7 heteroatoms. The number of nitrogens with one attached hydrogen (secondary N) is 1. The molecule has 0 saturated heterocycles. The molecule has 0 aromatic carbocycles. The first-order valence-electron chi connectivity index (χ1n) is 6.68. The molecule has 0 saturated carbocycles. The van der Waals surface area contributed by atoms with Crippen LogP contribution in [0.15, 0.2) is 12.5 Å². The number of hydrogen-bond donors (Lipinski definition) is 1. The summed E-state index contributed by atoms with van der Waals surface area (Å²) in [4.78, 5) is 15.1. The summed E-state index contributed by atoms with van der Waals surface area (Å²) in [6.45, 7) is 6.85. The van der Waals surface area contributed by atoms with Crippen molar-refractivity contribution < 1.29 is 0 Å². The van der Waals surface area contributed by atoms with E-state index >= 15 is 0 Å². The summed E-state index contributed by atoms with van der Waals surface area (Å²) >= 11 is 0. The van der Waals surface area contributed by atoms with Crippen molar-refractivity contribution in [1.82, 2.24) is 24.7 Å². The van der Waals surface area contributed by atoms with Gasteiger partial charge in [0.15, 0.2) is 0 Å². The maximum absolute atomic E-state index is 4.52. The van der Waals surface area contributed by atoms with E-state index in [2.05, 4.69) is 25.4 Å². The lowest BCUT2D eigenvalue weighted by Crippen LogP contribution is -2.18. The zero-order valence-electron chi connectivity index (χ0n) is 12.6. The highest BCUT2D eigenvalue weighted by Gasteiger charge is 2.14. The Kier molecular flexibility index (Phi) is 4.16. The van der Waals surface area contributed by atoms with Crippen LogP contribution in [0.5, 0.6) is 0 Å². The number of rotatable bonds is 5. The van der Waals surface area contributed by atoms with E-state index in [9.17, 15) is 0 Å². The zero-order valence-corrected chi connectivity index (χ0v) is 12.6. The normalized spacial score (nSPS) is 12.2. The molecule has 2 aromatic rings. The van der Waals surface area contributed by atoms with Crippen molar-refractivity contribution in [2.24, 2.45) is 0 Å². The Bertz CT molecular complexity index is 576. The third-order valence-corrected chi connectivity index (χ3v) is 3.05. The molecule has 0 aliphatic heterocycles.